The molecular weight excluding hydrogens is 200 g/mol. The summed E-state index contributed by atoms with van der Waals surface area (Å²) in [5, 5.41) is 8.21. The minimum Gasteiger partial charge on any atom is -0.397 e. The molecule has 0 radical (unpaired) electrons. The zero-order valence-electron chi connectivity index (χ0n) is 8.54. The third kappa shape index (κ3) is 1.32. The second-order valence-corrected chi connectivity index (χ2v) is 3.60. The summed E-state index contributed by atoms with van der Waals surface area (Å²) in [7, 11) is 0. The second kappa shape index (κ2) is 3.34. The Bertz CT molecular complexity index is 628. The van der Waals surface area contributed by atoms with Crippen LogP contribution in [0.25, 0.3) is 16.8 Å². The number of nitrogens with two attached hydrogens (primary N) is 1. The Morgan fingerprint density at radius 1 is 1.00 bits per heavy atom. The Labute approximate surface area is 92.3 Å². The van der Waals surface area contributed by atoms with Crippen molar-refractivity contribution in [3.05, 3.63) is 48.7 Å². The van der Waals surface area contributed by atoms with E-state index < -0.39 is 0 Å². The number of nitrogens with zero attached hydrogens (tertiary/aromatic N) is 3. The molecule has 4 heteroatoms. The van der Waals surface area contributed by atoms with Gasteiger partial charge in [0.1, 0.15) is 5.69 Å². The summed E-state index contributed by atoms with van der Waals surface area (Å²) >= 11 is 0. The van der Waals surface area contributed by atoms with Crippen LogP contribution in [0, 0.1) is 0 Å². The normalized spacial score (nSPS) is 10.8. The summed E-state index contributed by atoms with van der Waals surface area (Å²) in [5.74, 6) is 0. The van der Waals surface area contributed by atoms with E-state index in [2.05, 4.69) is 10.3 Å². The van der Waals surface area contributed by atoms with Crippen LogP contribution < -0.4 is 5.73 Å². The molecule has 0 unspecified atom stereocenters. The molecule has 0 aliphatic carbocycles. The molecule has 3 aromatic rings. The van der Waals surface area contributed by atoms with Crippen LogP contribution >= 0.6 is 0 Å². The highest BCUT2D eigenvalue weighted by atomic mass is 15.4. The van der Waals surface area contributed by atoms with Gasteiger partial charge in [0.25, 0.3) is 0 Å². The highest BCUT2D eigenvalue weighted by Crippen LogP contribution is 2.22. The van der Waals surface area contributed by atoms with Gasteiger partial charge >= 0.3 is 0 Å². The van der Waals surface area contributed by atoms with Gasteiger partial charge in [0.2, 0.25) is 0 Å². The van der Waals surface area contributed by atoms with E-state index in [0.29, 0.717) is 5.69 Å². The van der Waals surface area contributed by atoms with Gasteiger partial charge < -0.3 is 5.73 Å². The van der Waals surface area contributed by atoms with E-state index in [9.17, 15) is 0 Å². The Balaban J connectivity index is 2.26. The van der Waals surface area contributed by atoms with Crippen molar-refractivity contribution in [2.75, 3.05) is 5.73 Å². The number of pyridine rings is 1. The molecule has 0 saturated heterocycles. The molecule has 0 aliphatic rings. The summed E-state index contributed by atoms with van der Waals surface area (Å²) in [6.45, 7) is 0. The molecule has 4 nitrogen and oxygen atoms in total. The van der Waals surface area contributed by atoms with Gasteiger partial charge in [-0.3, -0.25) is 0 Å². The molecule has 0 fully saturated rings. The minimum atomic E-state index is 0.678. The van der Waals surface area contributed by atoms with Gasteiger partial charge in [-0.05, 0) is 12.1 Å². The number of hydrogen-bond acceptors (Lipinski definition) is 3. The van der Waals surface area contributed by atoms with Crippen LogP contribution in [0.4, 0.5) is 5.69 Å². The molecule has 0 atom stereocenters. The average Bonchev–Trinajstić information content (AvgIpc) is 2.73. The van der Waals surface area contributed by atoms with E-state index in [-0.39, 0.29) is 0 Å². The van der Waals surface area contributed by atoms with Crippen LogP contribution in [0.3, 0.4) is 0 Å². The lowest BCUT2D eigenvalue weighted by Gasteiger charge is -1.97. The zero-order valence-corrected chi connectivity index (χ0v) is 8.54. The molecule has 3 rings (SSSR count). The van der Waals surface area contributed by atoms with Gasteiger partial charge in [0.15, 0.2) is 0 Å². The van der Waals surface area contributed by atoms with E-state index in [1.54, 1.807) is 10.7 Å². The molecule has 0 saturated carbocycles. The molecule has 2 aromatic heterocycles. The fraction of sp³-hybridized carbons (Fsp3) is 0. The first kappa shape index (κ1) is 8.91. The van der Waals surface area contributed by atoms with Crippen molar-refractivity contribution in [1.29, 1.82) is 0 Å². The van der Waals surface area contributed by atoms with Gasteiger partial charge in [0, 0.05) is 5.56 Å². The summed E-state index contributed by atoms with van der Waals surface area (Å²) < 4.78 is 1.69. The largest absolute Gasteiger partial charge is 0.397 e. The first-order valence-corrected chi connectivity index (χ1v) is 5.00. The van der Waals surface area contributed by atoms with Crippen LogP contribution in [-0.4, -0.2) is 14.8 Å². The highest BCUT2D eigenvalue weighted by Gasteiger charge is 2.07. The Hall–Kier alpha value is -2.36. The van der Waals surface area contributed by atoms with Crippen LogP contribution in [0.15, 0.2) is 48.7 Å². The molecule has 16 heavy (non-hydrogen) atoms. The maximum Gasteiger partial charge on any atom is 0.120 e. The van der Waals surface area contributed by atoms with Crippen molar-refractivity contribution in [3.8, 4) is 11.3 Å². The smallest absolute Gasteiger partial charge is 0.120 e. The SMILES string of the molecule is Nc1ccc2c(-c3ccccc3)nnn2c1. The van der Waals surface area contributed by atoms with E-state index >= 15 is 0 Å². The van der Waals surface area contributed by atoms with Crippen LogP contribution in [0.2, 0.25) is 0 Å². The van der Waals surface area contributed by atoms with E-state index in [0.717, 1.165) is 16.8 Å². The standard InChI is InChI=1S/C12H10N4/c13-10-6-7-11-12(14-15-16(11)8-10)9-4-2-1-3-5-9/h1-8H,13H2. The lowest BCUT2D eigenvalue weighted by Crippen LogP contribution is -1.91. The number of hydrogen-bond donors (Lipinski definition) is 1. The summed E-state index contributed by atoms with van der Waals surface area (Å²) in [6, 6.07) is 13.8. The third-order valence-electron chi connectivity index (χ3n) is 2.48. The third-order valence-corrected chi connectivity index (χ3v) is 2.48. The predicted molar refractivity (Wildman–Crippen MR) is 62.8 cm³/mol. The minimum absolute atomic E-state index is 0.678. The molecule has 0 amide bonds. The van der Waals surface area contributed by atoms with Crippen molar-refractivity contribution >= 4 is 11.2 Å². The fourth-order valence-electron chi connectivity index (χ4n) is 1.71. The molecule has 0 spiro atoms. The molecule has 2 heterocycles. The quantitative estimate of drug-likeness (QED) is 0.668. The number of benzene rings is 1. The van der Waals surface area contributed by atoms with Crippen molar-refractivity contribution in [1.82, 2.24) is 14.8 Å². The number of anilines is 1. The van der Waals surface area contributed by atoms with Crippen LogP contribution in [0.5, 0.6) is 0 Å². The summed E-state index contributed by atoms with van der Waals surface area (Å²) in [6.07, 6.45) is 1.76. The summed E-state index contributed by atoms with van der Waals surface area (Å²) in [5.41, 5.74) is 9.25. The Kier molecular flexibility index (Phi) is 1.86. The zero-order chi connectivity index (χ0) is 11.0. The number of aromatic nitrogens is 3. The van der Waals surface area contributed by atoms with Crippen molar-refractivity contribution < 1.29 is 0 Å². The van der Waals surface area contributed by atoms with Crippen molar-refractivity contribution in [2.24, 2.45) is 0 Å². The molecule has 0 aliphatic heterocycles. The first-order valence-electron chi connectivity index (χ1n) is 5.00. The summed E-state index contributed by atoms with van der Waals surface area (Å²) in [4.78, 5) is 0. The van der Waals surface area contributed by atoms with Gasteiger partial charge in [0.05, 0.1) is 17.4 Å². The van der Waals surface area contributed by atoms with Crippen molar-refractivity contribution in [2.45, 2.75) is 0 Å². The lowest BCUT2D eigenvalue weighted by atomic mass is 10.1. The van der Waals surface area contributed by atoms with Crippen LogP contribution in [0.1, 0.15) is 0 Å². The highest BCUT2D eigenvalue weighted by molar-refractivity contribution is 5.76. The Morgan fingerprint density at radius 3 is 2.62 bits per heavy atom. The maximum absolute atomic E-state index is 5.68. The monoisotopic (exact) mass is 210 g/mol. The molecule has 1 aromatic carbocycles. The van der Waals surface area contributed by atoms with E-state index in [1.165, 1.54) is 0 Å². The number of nitrogen functional groups attached to an aromatic ring is 1. The van der Waals surface area contributed by atoms with Gasteiger partial charge in [-0.1, -0.05) is 35.5 Å². The Morgan fingerprint density at radius 2 is 1.81 bits per heavy atom. The van der Waals surface area contributed by atoms with Gasteiger partial charge in [-0.2, -0.15) is 0 Å². The fourth-order valence-corrected chi connectivity index (χ4v) is 1.71. The molecular formula is C12H10N4. The molecule has 2 N–H and O–H groups in total. The number of rotatable bonds is 1. The predicted octanol–water partition coefficient (Wildman–Crippen LogP) is 1.98. The topological polar surface area (TPSA) is 56.2 Å². The van der Waals surface area contributed by atoms with E-state index in [1.807, 2.05) is 42.5 Å². The maximum atomic E-state index is 5.68. The van der Waals surface area contributed by atoms with Gasteiger partial charge in [-0.15, -0.1) is 5.10 Å². The van der Waals surface area contributed by atoms with Crippen LogP contribution in [-0.2, 0) is 0 Å². The van der Waals surface area contributed by atoms with Crippen molar-refractivity contribution in [3.63, 3.8) is 0 Å². The number of fused-ring (bicyclic) bond motifs is 1. The molecule has 0 bridgehead atoms. The second-order valence-electron chi connectivity index (χ2n) is 3.60. The average molecular weight is 210 g/mol. The van der Waals surface area contributed by atoms with Gasteiger partial charge in [-0.25, -0.2) is 4.52 Å². The lowest BCUT2D eigenvalue weighted by molar-refractivity contribution is 0.858. The molecule has 78 valence electrons. The first-order chi connectivity index (χ1) is 7.84. The van der Waals surface area contributed by atoms with E-state index in [4.69, 9.17) is 5.73 Å².